The van der Waals surface area contributed by atoms with Crippen LogP contribution in [0.2, 0.25) is 0 Å². The minimum absolute atomic E-state index is 0.0727. The molecule has 174 valence electrons. The van der Waals surface area contributed by atoms with Gasteiger partial charge in [0.1, 0.15) is 0 Å². The van der Waals surface area contributed by atoms with Crippen molar-refractivity contribution in [3.63, 3.8) is 0 Å². The molecule has 0 saturated carbocycles. The summed E-state index contributed by atoms with van der Waals surface area (Å²) in [5, 5.41) is 8.19. The molecule has 0 atom stereocenters. The van der Waals surface area contributed by atoms with Crippen LogP contribution in [0.15, 0.2) is 72.8 Å². The van der Waals surface area contributed by atoms with Crippen molar-refractivity contribution in [2.24, 2.45) is 0 Å². The van der Waals surface area contributed by atoms with Crippen LogP contribution in [0.3, 0.4) is 0 Å². The topological polar surface area (TPSA) is 104 Å². The van der Waals surface area contributed by atoms with Crippen LogP contribution in [0, 0.1) is 6.92 Å². The summed E-state index contributed by atoms with van der Waals surface area (Å²) in [6.07, 6.45) is 0.395. The molecule has 0 fully saturated rings. The number of carbonyl (C=O) groups is 4. The summed E-state index contributed by atoms with van der Waals surface area (Å²) in [5.74, 6) is -0.998. The average molecular weight is 458 g/mol. The lowest BCUT2D eigenvalue weighted by molar-refractivity contribution is -0.120. The molecule has 0 heterocycles. The van der Waals surface area contributed by atoms with E-state index in [1.54, 1.807) is 67.6 Å². The third kappa shape index (κ3) is 6.38. The molecule has 0 saturated heterocycles. The van der Waals surface area contributed by atoms with Gasteiger partial charge in [-0.3, -0.25) is 19.2 Å². The molecule has 0 aliphatic rings. The first-order valence-electron chi connectivity index (χ1n) is 11.1. The lowest BCUT2D eigenvalue weighted by Crippen LogP contribution is -2.34. The zero-order valence-electron chi connectivity index (χ0n) is 19.2. The highest BCUT2D eigenvalue weighted by molar-refractivity contribution is 6.17. The van der Waals surface area contributed by atoms with Crippen LogP contribution in [-0.4, -0.2) is 36.6 Å². The van der Waals surface area contributed by atoms with Crippen LogP contribution >= 0.6 is 0 Å². The van der Waals surface area contributed by atoms with Gasteiger partial charge in [0.05, 0.1) is 5.56 Å². The first kappa shape index (κ1) is 24.4. The van der Waals surface area contributed by atoms with Crippen LogP contribution in [0.25, 0.3) is 0 Å². The molecule has 3 N–H and O–H groups in total. The van der Waals surface area contributed by atoms with Gasteiger partial charge >= 0.3 is 0 Å². The van der Waals surface area contributed by atoms with E-state index in [1.165, 1.54) is 0 Å². The predicted octanol–water partition coefficient (Wildman–Crippen LogP) is 3.73. The quantitative estimate of drug-likeness (QED) is 0.336. The van der Waals surface area contributed by atoms with E-state index >= 15 is 0 Å². The number of hydrogen-bond acceptors (Lipinski definition) is 4. The summed E-state index contributed by atoms with van der Waals surface area (Å²) in [6, 6.07) is 20.3. The minimum atomic E-state index is -0.417. The predicted molar refractivity (Wildman–Crippen MR) is 131 cm³/mol. The zero-order chi connectivity index (χ0) is 24.5. The molecule has 0 unspecified atom stereocenters. The summed E-state index contributed by atoms with van der Waals surface area (Å²) in [7, 11) is 0. The molecular formula is C27H27N3O4. The number of nitrogens with one attached hydrogen (secondary N) is 3. The third-order valence-corrected chi connectivity index (χ3v) is 5.19. The van der Waals surface area contributed by atoms with Gasteiger partial charge in [-0.1, -0.05) is 55.0 Å². The maximum atomic E-state index is 13.0. The summed E-state index contributed by atoms with van der Waals surface area (Å²) < 4.78 is 0. The monoisotopic (exact) mass is 457 g/mol. The third-order valence-electron chi connectivity index (χ3n) is 5.19. The standard InChI is InChI=1S/C27H27N3O4/c1-3-24(31)28-16-17-29-26(33)20-12-14-21(15-13-20)30-27(34)23-7-5-4-6-22(23)25(32)19-10-8-18(2)9-11-19/h4-15H,3,16-17H2,1-2H3,(H,28,31)(H,29,33)(H,30,34). The SMILES string of the molecule is CCC(=O)NCCNC(=O)c1ccc(NC(=O)c2ccccc2C(=O)c2ccc(C)cc2)cc1. The number of ketones is 1. The smallest absolute Gasteiger partial charge is 0.256 e. The van der Waals surface area contributed by atoms with Crippen molar-refractivity contribution in [2.75, 3.05) is 18.4 Å². The number of rotatable bonds is 9. The van der Waals surface area contributed by atoms with Crippen LogP contribution < -0.4 is 16.0 Å². The van der Waals surface area contributed by atoms with Crippen LogP contribution in [-0.2, 0) is 4.79 Å². The fourth-order valence-electron chi connectivity index (χ4n) is 3.25. The molecule has 0 aliphatic heterocycles. The Morgan fingerprint density at radius 3 is 1.91 bits per heavy atom. The van der Waals surface area contributed by atoms with Crippen molar-refractivity contribution in [3.8, 4) is 0 Å². The van der Waals surface area contributed by atoms with Crippen molar-refractivity contribution in [1.82, 2.24) is 10.6 Å². The van der Waals surface area contributed by atoms with E-state index in [0.717, 1.165) is 5.56 Å². The number of amides is 3. The van der Waals surface area contributed by atoms with E-state index in [2.05, 4.69) is 16.0 Å². The summed E-state index contributed by atoms with van der Waals surface area (Å²) in [6.45, 7) is 4.37. The van der Waals surface area contributed by atoms with Gasteiger partial charge in [-0.25, -0.2) is 0 Å². The van der Waals surface area contributed by atoms with E-state index < -0.39 is 5.91 Å². The lowest BCUT2D eigenvalue weighted by atomic mass is 9.97. The number of hydrogen-bond donors (Lipinski definition) is 3. The van der Waals surface area contributed by atoms with Crippen molar-refractivity contribution in [3.05, 3.63) is 101 Å². The Balaban J connectivity index is 1.64. The number of anilines is 1. The Labute approximate surface area is 198 Å². The number of carbonyl (C=O) groups excluding carboxylic acids is 4. The van der Waals surface area contributed by atoms with Crippen molar-refractivity contribution in [1.29, 1.82) is 0 Å². The van der Waals surface area contributed by atoms with E-state index in [0.29, 0.717) is 41.9 Å². The highest BCUT2D eigenvalue weighted by Crippen LogP contribution is 2.18. The molecule has 0 aliphatic carbocycles. The van der Waals surface area contributed by atoms with Gasteiger partial charge in [0, 0.05) is 41.9 Å². The van der Waals surface area contributed by atoms with Crippen molar-refractivity contribution in [2.45, 2.75) is 20.3 Å². The highest BCUT2D eigenvalue weighted by Gasteiger charge is 2.18. The maximum absolute atomic E-state index is 13.0. The van der Waals surface area contributed by atoms with Crippen molar-refractivity contribution >= 4 is 29.2 Å². The molecule has 7 nitrogen and oxygen atoms in total. The van der Waals surface area contributed by atoms with Gasteiger partial charge in [-0.15, -0.1) is 0 Å². The first-order chi connectivity index (χ1) is 16.4. The molecule has 7 heteroatoms. The molecule has 0 bridgehead atoms. The van der Waals surface area contributed by atoms with Gasteiger partial charge in [0.15, 0.2) is 5.78 Å². The zero-order valence-corrected chi connectivity index (χ0v) is 19.2. The highest BCUT2D eigenvalue weighted by atomic mass is 16.2. The van der Waals surface area contributed by atoms with Gasteiger partial charge in [-0.05, 0) is 37.3 Å². The van der Waals surface area contributed by atoms with E-state index in [9.17, 15) is 19.2 Å². The first-order valence-corrected chi connectivity index (χ1v) is 11.1. The van der Waals surface area contributed by atoms with E-state index in [-0.39, 0.29) is 23.2 Å². The largest absolute Gasteiger partial charge is 0.354 e. The second-order valence-corrected chi connectivity index (χ2v) is 7.73. The molecular weight excluding hydrogens is 430 g/mol. The van der Waals surface area contributed by atoms with Crippen LogP contribution in [0.5, 0.6) is 0 Å². The van der Waals surface area contributed by atoms with Gasteiger partial charge in [0.25, 0.3) is 11.8 Å². The normalized spacial score (nSPS) is 10.3. The van der Waals surface area contributed by atoms with Crippen LogP contribution in [0.1, 0.15) is 55.5 Å². The second-order valence-electron chi connectivity index (χ2n) is 7.73. The molecule has 0 spiro atoms. The Morgan fingerprint density at radius 2 is 1.26 bits per heavy atom. The Morgan fingerprint density at radius 1 is 0.676 bits per heavy atom. The molecule has 3 aromatic carbocycles. The van der Waals surface area contributed by atoms with E-state index in [1.807, 2.05) is 19.1 Å². The summed E-state index contributed by atoms with van der Waals surface area (Å²) in [5.41, 5.74) is 3.06. The maximum Gasteiger partial charge on any atom is 0.256 e. The van der Waals surface area contributed by atoms with E-state index in [4.69, 9.17) is 0 Å². The second kappa shape index (κ2) is 11.6. The molecule has 0 aromatic heterocycles. The summed E-state index contributed by atoms with van der Waals surface area (Å²) >= 11 is 0. The average Bonchev–Trinajstić information content (AvgIpc) is 2.86. The lowest BCUT2D eigenvalue weighted by Gasteiger charge is -2.11. The van der Waals surface area contributed by atoms with Gasteiger partial charge in [0.2, 0.25) is 5.91 Å². The van der Waals surface area contributed by atoms with Crippen molar-refractivity contribution < 1.29 is 19.2 Å². The molecule has 3 rings (SSSR count). The molecule has 34 heavy (non-hydrogen) atoms. The number of aryl methyl sites for hydroxylation is 1. The molecule has 3 aromatic rings. The minimum Gasteiger partial charge on any atom is -0.354 e. The Hall–Kier alpha value is -4.26. The fourth-order valence-corrected chi connectivity index (χ4v) is 3.25. The Kier molecular flexibility index (Phi) is 8.29. The molecule has 0 radical (unpaired) electrons. The fraction of sp³-hybridized carbons (Fsp3) is 0.185. The summed E-state index contributed by atoms with van der Waals surface area (Å²) in [4.78, 5) is 49.4. The van der Waals surface area contributed by atoms with Gasteiger partial charge < -0.3 is 16.0 Å². The molecule has 3 amide bonds. The Bertz CT molecular complexity index is 1190. The van der Waals surface area contributed by atoms with Crippen LogP contribution in [0.4, 0.5) is 5.69 Å². The van der Waals surface area contributed by atoms with Gasteiger partial charge in [-0.2, -0.15) is 0 Å². The number of benzene rings is 3.